The molecule has 0 fully saturated rings. The molecule has 0 radical (unpaired) electrons. The van der Waals surface area contributed by atoms with Gasteiger partial charge in [-0.2, -0.15) is 0 Å². The van der Waals surface area contributed by atoms with Crippen molar-refractivity contribution in [2.45, 2.75) is 20.8 Å². The number of carbonyl (C=O) groups is 1. The SMILES string of the molecule is CC.Cc1ccc(C(N)=O)cc1-c1ccc(F)cc1. The maximum Gasteiger partial charge on any atom is 0.248 e. The molecular formula is C16H18FNO. The summed E-state index contributed by atoms with van der Waals surface area (Å²) >= 11 is 0. The molecule has 0 aromatic heterocycles. The van der Waals surface area contributed by atoms with E-state index >= 15 is 0 Å². The van der Waals surface area contributed by atoms with Crippen molar-refractivity contribution in [2.24, 2.45) is 5.73 Å². The molecule has 100 valence electrons. The van der Waals surface area contributed by atoms with Crippen molar-refractivity contribution in [3.63, 3.8) is 0 Å². The van der Waals surface area contributed by atoms with E-state index in [0.717, 1.165) is 16.7 Å². The van der Waals surface area contributed by atoms with Crippen LogP contribution in [0.5, 0.6) is 0 Å². The summed E-state index contributed by atoms with van der Waals surface area (Å²) in [5.74, 6) is -0.745. The van der Waals surface area contributed by atoms with Crippen LogP contribution in [0.3, 0.4) is 0 Å². The third kappa shape index (κ3) is 3.65. The van der Waals surface area contributed by atoms with Gasteiger partial charge in [-0.25, -0.2) is 4.39 Å². The van der Waals surface area contributed by atoms with Crippen LogP contribution in [0.4, 0.5) is 4.39 Å². The Morgan fingerprint density at radius 1 is 1.05 bits per heavy atom. The zero-order valence-electron chi connectivity index (χ0n) is 11.4. The fraction of sp³-hybridized carbons (Fsp3) is 0.188. The van der Waals surface area contributed by atoms with E-state index in [4.69, 9.17) is 5.73 Å². The highest BCUT2D eigenvalue weighted by atomic mass is 19.1. The van der Waals surface area contributed by atoms with E-state index in [2.05, 4.69) is 0 Å². The number of halogens is 1. The van der Waals surface area contributed by atoms with Crippen molar-refractivity contribution in [3.05, 3.63) is 59.4 Å². The van der Waals surface area contributed by atoms with E-state index in [-0.39, 0.29) is 5.82 Å². The minimum Gasteiger partial charge on any atom is -0.366 e. The number of rotatable bonds is 2. The fourth-order valence-corrected chi connectivity index (χ4v) is 1.72. The third-order valence-electron chi connectivity index (χ3n) is 2.68. The molecule has 0 heterocycles. The normalized spacial score (nSPS) is 9.47. The highest BCUT2D eigenvalue weighted by Gasteiger charge is 2.06. The highest BCUT2D eigenvalue weighted by Crippen LogP contribution is 2.24. The van der Waals surface area contributed by atoms with E-state index in [1.54, 1.807) is 24.3 Å². The molecule has 0 aliphatic heterocycles. The molecule has 3 heteroatoms. The maximum absolute atomic E-state index is 12.8. The Morgan fingerprint density at radius 2 is 1.63 bits per heavy atom. The second kappa shape index (κ2) is 6.69. The second-order valence-corrected chi connectivity index (χ2v) is 3.90. The summed E-state index contributed by atoms with van der Waals surface area (Å²) in [6, 6.07) is 11.4. The molecule has 0 bridgehead atoms. The molecule has 0 spiro atoms. The van der Waals surface area contributed by atoms with E-state index in [0.29, 0.717) is 5.56 Å². The first-order valence-electron chi connectivity index (χ1n) is 6.24. The monoisotopic (exact) mass is 259 g/mol. The number of nitrogens with two attached hydrogens (primary N) is 1. The lowest BCUT2D eigenvalue weighted by Crippen LogP contribution is -2.10. The van der Waals surface area contributed by atoms with Gasteiger partial charge in [0.15, 0.2) is 0 Å². The topological polar surface area (TPSA) is 43.1 Å². The first-order valence-corrected chi connectivity index (χ1v) is 6.24. The van der Waals surface area contributed by atoms with Gasteiger partial charge >= 0.3 is 0 Å². The van der Waals surface area contributed by atoms with Crippen LogP contribution >= 0.6 is 0 Å². The minimum absolute atomic E-state index is 0.280. The van der Waals surface area contributed by atoms with Gasteiger partial charge < -0.3 is 5.73 Å². The van der Waals surface area contributed by atoms with E-state index in [1.807, 2.05) is 26.8 Å². The summed E-state index contributed by atoms with van der Waals surface area (Å²) in [7, 11) is 0. The summed E-state index contributed by atoms with van der Waals surface area (Å²) in [6.45, 7) is 5.93. The van der Waals surface area contributed by atoms with Crippen LogP contribution in [0.2, 0.25) is 0 Å². The molecule has 0 aliphatic carbocycles. The minimum atomic E-state index is -0.464. The molecule has 2 N–H and O–H groups in total. The van der Waals surface area contributed by atoms with Crippen molar-refractivity contribution in [1.29, 1.82) is 0 Å². The quantitative estimate of drug-likeness (QED) is 0.872. The largest absolute Gasteiger partial charge is 0.366 e. The van der Waals surface area contributed by atoms with Crippen LogP contribution < -0.4 is 5.73 Å². The van der Waals surface area contributed by atoms with Gasteiger partial charge in [0.25, 0.3) is 0 Å². The molecule has 0 saturated heterocycles. The van der Waals surface area contributed by atoms with Gasteiger partial charge in [-0.1, -0.05) is 32.0 Å². The molecule has 2 rings (SSSR count). The molecule has 1 amide bonds. The molecule has 2 nitrogen and oxygen atoms in total. The van der Waals surface area contributed by atoms with Gasteiger partial charge in [0.1, 0.15) is 5.82 Å². The molecule has 0 unspecified atom stereocenters. The zero-order chi connectivity index (χ0) is 14.4. The van der Waals surface area contributed by atoms with Gasteiger partial charge in [-0.15, -0.1) is 0 Å². The lowest BCUT2D eigenvalue weighted by atomic mass is 9.98. The molecule has 0 saturated carbocycles. The van der Waals surface area contributed by atoms with Crippen LogP contribution in [0.25, 0.3) is 11.1 Å². The van der Waals surface area contributed by atoms with E-state index in [1.165, 1.54) is 12.1 Å². The van der Waals surface area contributed by atoms with Crippen LogP contribution in [-0.2, 0) is 0 Å². The number of primary amides is 1. The summed E-state index contributed by atoms with van der Waals surface area (Å²) in [4.78, 5) is 11.1. The number of carbonyl (C=O) groups excluding carboxylic acids is 1. The number of amides is 1. The highest BCUT2D eigenvalue weighted by molar-refractivity contribution is 5.94. The Morgan fingerprint density at radius 3 is 2.16 bits per heavy atom. The fourth-order valence-electron chi connectivity index (χ4n) is 1.72. The van der Waals surface area contributed by atoms with Crippen molar-refractivity contribution >= 4 is 5.91 Å². The summed E-state index contributed by atoms with van der Waals surface area (Å²) in [6.07, 6.45) is 0. The smallest absolute Gasteiger partial charge is 0.248 e. The molecule has 2 aromatic carbocycles. The number of hydrogen-bond acceptors (Lipinski definition) is 1. The molecule has 2 aromatic rings. The first kappa shape index (κ1) is 14.9. The van der Waals surface area contributed by atoms with Crippen molar-refractivity contribution in [3.8, 4) is 11.1 Å². The van der Waals surface area contributed by atoms with Gasteiger partial charge in [0.05, 0.1) is 0 Å². The Kier molecular flexibility index (Phi) is 5.24. The predicted molar refractivity (Wildman–Crippen MR) is 76.4 cm³/mol. The van der Waals surface area contributed by atoms with Gasteiger partial charge in [0, 0.05) is 5.56 Å². The second-order valence-electron chi connectivity index (χ2n) is 3.90. The van der Waals surface area contributed by atoms with Crippen LogP contribution in [0, 0.1) is 12.7 Å². The standard InChI is InChI=1S/C14H12FNO.C2H6/c1-9-2-3-11(14(16)17)8-13(9)10-4-6-12(15)7-5-10;1-2/h2-8H,1H3,(H2,16,17);1-2H3. The lowest BCUT2D eigenvalue weighted by molar-refractivity contribution is 0.100. The predicted octanol–water partition coefficient (Wildman–Crippen LogP) is 3.93. The van der Waals surface area contributed by atoms with E-state index < -0.39 is 5.91 Å². The summed E-state index contributed by atoms with van der Waals surface area (Å²) in [5, 5.41) is 0. The number of benzene rings is 2. The van der Waals surface area contributed by atoms with Gasteiger partial charge in [-0.05, 0) is 47.9 Å². The molecule has 19 heavy (non-hydrogen) atoms. The van der Waals surface area contributed by atoms with Crippen LogP contribution in [-0.4, -0.2) is 5.91 Å². The molecular weight excluding hydrogens is 241 g/mol. The molecule has 0 aliphatic rings. The zero-order valence-corrected chi connectivity index (χ0v) is 11.4. The van der Waals surface area contributed by atoms with Crippen molar-refractivity contribution in [2.75, 3.05) is 0 Å². The Labute approximate surface area is 113 Å². The average molecular weight is 259 g/mol. The summed E-state index contributed by atoms with van der Waals surface area (Å²) in [5.41, 5.74) is 8.46. The number of aryl methyl sites for hydroxylation is 1. The number of hydrogen-bond donors (Lipinski definition) is 1. The first-order chi connectivity index (χ1) is 9.08. The van der Waals surface area contributed by atoms with Gasteiger partial charge in [-0.3, -0.25) is 4.79 Å². The molecule has 0 atom stereocenters. The Balaban J connectivity index is 0.000000861. The van der Waals surface area contributed by atoms with Crippen LogP contribution in [0.15, 0.2) is 42.5 Å². The average Bonchev–Trinajstić information content (AvgIpc) is 2.42. The van der Waals surface area contributed by atoms with Crippen molar-refractivity contribution < 1.29 is 9.18 Å². The van der Waals surface area contributed by atoms with Crippen molar-refractivity contribution in [1.82, 2.24) is 0 Å². The maximum atomic E-state index is 12.8. The van der Waals surface area contributed by atoms with Crippen LogP contribution in [0.1, 0.15) is 29.8 Å². The summed E-state index contributed by atoms with van der Waals surface area (Å²) < 4.78 is 12.8. The Hall–Kier alpha value is -2.16. The van der Waals surface area contributed by atoms with E-state index in [9.17, 15) is 9.18 Å². The third-order valence-corrected chi connectivity index (χ3v) is 2.68. The Bertz CT molecular complexity index is 561. The van der Waals surface area contributed by atoms with Gasteiger partial charge in [0.2, 0.25) is 5.91 Å². The lowest BCUT2D eigenvalue weighted by Gasteiger charge is -2.07.